The van der Waals surface area contributed by atoms with Crippen LogP contribution in [0.3, 0.4) is 0 Å². The molecule has 0 bridgehead atoms. The van der Waals surface area contributed by atoms with Gasteiger partial charge in [-0.25, -0.2) is 9.98 Å². The molecule has 1 atom stereocenters. The first-order valence-electron chi connectivity index (χ1n) is 10.4. The summed E-state index contributed by atoms with van der Waals surface area (Å²) in [4.78, 5) is 10.4. The van der Waals surface area contributed by atoms with Crippen molar-refractivity contribution in [1.82, 2.24) is 20.0 Å². The summed E-state index contributed by atoms with van der Waals surface area (Å²) in [5.41, 5.74) is 3.26. The van der Waals surface area contributed by atoms with Gasteiger partial charge in [-0.1, -0.05) is 12.1 Å². The van der Waals surface area contributed by atoms with Crippen molar-refractivity contribution in [3.05, 3.63) is 52.8 Å². The Morgan fingerprint density at radius 2 is 2.33 bits per heavy atom. The van der Waals surface area contributed by atoms with Gasteiger partial charge >= 0.3 is 0 Å². The number of hydrogen-bond acceptors (Lipinski definition) is 5. The average molecular weight is 428 g/mol. The lowest BCUT2D eigenvalue weighted by Crippen LogP contribution is -2.36. The van der Waals surface area contributed by atoms with Crippen molar-refractivity contribution < 1.29 is 9.47 Å². The fourth-order valence-electron chi connectivity index (χ4n) is 3.39. The predicted molar refractivity (Wildman–Crippen MR) is 120 cm³/mol. The summed E-state index contributed by atoms with van der Waals surface area (Å²) in [6.07, 6.45) is 5.13. The van der Waals surface area contributed by atoms with Crippen molar-refractivity contribution in [2.45, 2.75) is 33.4 Å². The van der Waals surface area contributed by atoms with Crippen molar-refractivity contribution in [2.75, 3.05) is 26.4 Å². The van der Waals surface area contributed by atoms with Crippen LogP contribution in [0.1, 0.15) is 30.2 Å². The number of thiazole rings is 1. The number of aromatic nitrogens is 2. The Labute approximate surface area is 181 Å². The lowest BCUT2D eigenvalue weighted by atomic mass is 10.1. The molecule has 3 heterocycles. The van der Waals surface area contributed by atoms with E-state index in [9.17, 15) is 0 Å². The second-order valence-corrected chi connectivity index (χ2v) is 8.40. The fraction of sp³-hybridized carbons (Fsp3) is 0.455. The van der Waals surface area contributed by atoms with Crippen LogP contribution >= 0.6 is 11.3 Å². The van der Waals surface area contributed by atoms with Gasteiger partial charge in [0, 0.05) is 42.4 Å². The summed E-state index contributed by atoms with van der Waals surface area (Å²) in [6.45, 7) is 8.43. The minimum Gasteiger partial charge on any atom is -0.493 e. The number of benzene rings is 1. The first-order valence-corrected chi connectivity index (χ1v) is 11.3. The van der Waals surface area contributed by atoms with Crippen LogP contribution in [-0.2, 0) is 17.8 Å². The van der Waals surface area contributed by atoms with Crippen molar-refractivity contribution in [2.24, 2.45) is 10.9 Å². The summed E-state index contributed by atoms with van der Waals surface area (Å²) in [5.74, 6) is 2.16. The quantitative estimate of drug-likeness (QED) is 0.426. The van der Waals surface area contributed by atoms with Gasteiger partial charge in [-0.2, -0.15) is 0 Å². The predicted octanol–water partition coefficient (Wildman–Crippen LogP) is 3.37. The van der Waals surface area contributed by atoms with Gasteiger partial charge in [0.05, 0.1) is 32.0 Å². The van der Waals surface area contributed by atoms with Gasteiger partial charge in [0.25, 0.3) is 0 Å². The molecule has 1 aromatic carbocycles. The number of hydrogen-bond donors (Lipinski definition) is 2. The van der Waals surface area contributed by atoms with E-state index in [1.54, 1.807) is 11.3 Å². The zero-order valence-corrected chi connectivity index (χ0v) is 18.4. The van der Waals surface area contributed by atoms with Crippen LogP contribution in [0, 0.1) is 12.8 Å². The van der Waals surface area contributed by atoms with Crippen LogP contribution in [-0.4, -0.2) is 41.7 Å². The highest BCUT2D eigenvalue weighted by Gasteiger charge is 2.17. The van der Waals surface area contributed by atoms with Gasteiger partial charge in [0.1, 0.15) is 5.75 Å². The molecule has 0 radical (unpaired) electrons. The van der Waals surface area contributed by atoms with Crippen molar-refractivity contribution in [1.29, 1.82) is 0 Å². The van der Waals surface area contributed by atoms with E-state index < -0.39 is 0 Å². The molecule has 0 aliphatic carbocycles. The molecule has 2 aromatic heterocycles. The molecular formula is C22H29N5O2S. The highest BCUT2D eigenvalue weighted by Crippen LogP contribution is 2.23. The lowest BCUT2D eigenvalue weighted by Gasteiger charge is -2.15. The Morgan fingerprint density at radius 3 is 3.13 bits per heavy atom. The molecule has 160 valence electrons. The molecule has 3 aromatic rings. The molecule has 0 spiro atoms. The third-order valence-corrected chi connectivity index (χ3v) is 5.82. The molecule has 7 nitrogen and oxygen atoms in total. The van der Waals surface area contributed by atoms with E-state index >= 15 is 0 Å². The minimum atomic E-state index is 0.477. The second-order valence-electron chi connectivity index (χ2n) is 7.53. The zero-order valence-electron chi connectivity index (χ0n) is 17.6. The number of rotatable bonds is 8. The molecule has 2 N–H and O–H groups in total. The molecule has 1 aliphatic heterocycles. The standard InChI is InChI=1S/C22H29N5O2S/c1-3-23-21(25-12-19-13-27-7-9-30-22(27)26-19)24-11-18-5-4-16(2)10-20(18)29-15-17-6-8-28-14-17/h4-5,7,9-10,13,17H,3,6,8,11-12,14-15H2,1-2H3,(H2,23,24,25). The Kier molecular flexibility index (Phi) is 6.86. The second kappa shape index (κ2) is 9.95. The average Bonchev–Trinajstić information content (AvgIpc) is 3.47. The Hall–Kier alpha value is -2.58. The van der Waals surface area contributed by atoms with E-state index in [1.165, 1.54) is 5.56 Å². The summed E-state index contributed by atoms with van der Waals surface area (Å²) in [6, 6.07) is 6.31. The summed E-state index contributed by atoms with van der Waals surface area (Å²) in [7, 11) is 0. The number of nitrogens with one attached hydrogen (secondary N) is 2. The normalized spacial score (nSPS) is 16.9. The number of aryl methyl sites for hydroxylation is 1. The third-order valence-electron chi connectivity index (χ3n) is 5.05. The van der Waals surface area contributed by atoms with Crippen LogP contribution in [0.4, 0.5) is 0 Å². The Balaban J connectivity index is 1.40. The molecule has 30 heavy (non-hydrogen) atoms. The van der Waals surface area contributed by atoms with Crippen LogP contribution < -0.4 is 15.4 Å². The van der Waals surface area contributed by atoms with Crippen molar-refractivity contribution in [3.63, 3.8) is 0 Å². The molecule has 0 saturated carbocycles. The highest BCUT2D eigenvalue weighted by atomic mass is 32.1. The summed E-state index contributed by atoms with van der Waals surface area (Å²) < 4.78 is 13.6. The van der Waals surface area contributed by atoms with Crippen molar-refractivity contribution in [3.8, 4) is 5.75 Å². The van der Waals surface area contributed by atoms with Gasteiger partial charge < -0.3 is 20.1 Å². The van der Waals surface area contributed by atoms with E-state index in [1.807, 2.05) is 22.2 Å². The van der Waals surface area contributed by atoms with E-state index in [0.29, 0.717) is 25.6 Å². The highest BCUT2D eigenvalue weighted by molar-refractivity contribution is 7.15. The first-order chi connectivity index (χ1) is 14.7. The SMILES string of the molecule is CCNC(=NCc1ccc(C)cc1OCC1CCOC1)NCc1cn2ccsc2n1. The van der Waals surface area contributed by atoms with Gasteiger partial charge in [0.2, 0.25) is 0 Å². The number of aliphatic imine (C=N–C) groups is 1. The molecule has 4 rings (SSSR count). The summed E-state index contributed by atoms with van der Waals surface area (Å²) in [5, 5.41) is 8.72. The maximum absolute atomic E-state index is 6.15. The third kappa shape index (κ3) is 5.31. The van der Waals surface area contributed by atoms with Crippen LogP contribution in [0.25, 0.3) is 4.96 Å². The number of guanidine groups is 1. The number of fused-ring (bicyclic) bond motifs is 1. The fourth-order valence-corrected chi connectivity index (χ4v) is 4.11. The molecule has 1 saturated heterocycles. The maximum Gasteiger partial charge on any atom is 0.193 e. The van der Waals surface area contributed by atoms with Gasteiger partial charge in [-0.3, -0.25) is 4.40 Å². The minimum absolute atomic E-state index is 0.477. The van der Waals surface area contributed by atoms with Gasteiger partial charge in [-0.15, -0.1) is 11.3 Å². The smallest absolute Gasteiger partial charge is 0.193 e. The molecule has 1 fully saturated rings. The Bertz CT molecular complexity index is 962. The molecule has 1 unspecified atom stereocenters. The largest absolute Gasteiger partial charge is 0.493 e. The van der Waals surface area contributed by atoms with E-state index in [0.717, 1.165) is 54.1 Å². The van der Waals surface area contributed by atoms with Crippen LogP contribution in [0.5, 0.6) is 5.75 Å². The molecular weight excluding hydrogens is 398 g/mol. The number of ether oxygens (including phenoxy) is 2. The first kappa shape index (κ1) is 20.7. The maximum atomic E-state index is 6.15. The number of imidazole rings is 1. The topological polar surface area (TPSA) is 72.2 Å². The zero-order chi connectivity index (χ0) is 20.8. The molecule has 0 amide bonds. The monoisotopic (exact) mass is 427 g/mol. The van der Waals surface area contributed by atoms with Crippen molar-refractivity contribution >= 4 is 22.3 Å². The summed E-state index contributed by atoms with van der Waals surface area (Å²) >= 11 is 1.63. The van der Waals surface area contributed by atoms with E-state index in [4.69, 9.17) is 14.5 Å². The molecule has 1 aliphatic rings. The van der Waals surface area contributed by atoms with Crippen LogP contribution in [0.2, 0.25) is 0 Å². The lowest BCUT2D eigenvalue weighted by molar-refractivity contribution is 0.166. The Morgan fingerprint density at radius 1 is 1.40 bits per heavy atom. The van der Waals surface area contributed by atoms with E-state index in [2.05, 4.69) is 47.7 Å². The van der Waals surface area contributed by atoms with Gasteiger partial charge in [0.15, 0.2) is 10.9 Å². The van der Waals surface area contributed by atoms with Gasteiger partial charge in [-0.05, 0) is 31.9 Å². The number of nitrogens with zero attached hydrogens (tertiary/aromatic N) is 3. The van der Waals surface area contributed by atoms with Crippen LogP contribution in [0.15, 0.2) is 41.0 Å². The molecule has 8 heteroatoms. The van der Waals surface area contributed by atoms with E-state index in [-0.39, 0.29) is 0 Å².